The van der Waals surface area contributed by atoms with Gasteiger partial charge in [0.1, 0.15) is 18.4 Å². The minimum Gasteiger partial charge on any atom is -0.487 e. The maximum absolute atomic E-state index is 12.2. The highest BCUT2D eigenvalue weighted by Gasteiger charge is 2.17. The number of rotatable bonds is 6. The van der Waals surface area contributed by atoms with Crippen molar-refractivity contribution in [1.29, 1.82) is 0 Å². The molecule has 2 aromatic rings. The molecule has 0 spiro atoms. The molecule has 0 aliphatic carbocycles. The van der Waals surface area contributed by atoms with E-state index in [1.54, 1.807) is 17.1 Å². The summed E-state index contributed by atoms with van der Waals surface area (Å²) in [5.41, 5.74) is 2.82. The number of amides is 1. The number of pyridine rings is 1. The molecule has 1 saturated heterocycles. The van der Waals surface area contributed by atoms with Crippen LogP contribution >= 0.6 is 0 Å². The zero-order valence-corrected chi connectivity index (χ0v) is 14.1. The summed E-state index contributed by atoms with van der Waals surface area (Å²) < 4.78 is 7.69. The molecule has 0 saturated carbocycles. The van der Waals surface area contributed by atoms with Gasteiger partial charge < -0.3 is 15.4 Å². The molecular weight excluding hydrogens is 306 g/mol. The molecule has 1 aliphatic heterocycles. The number of nitrogens with zero attached hydrogens (tertiary/aromatic N) is 3. The average Bonchev–Trinajstić information content (AvgIpc) is 3.16. The number of carbonyl (C=O) groups excluding carboxylic acids is 1. The Kier molecular flexibility index (Phi) is 5.10. The molecule has 0 radical (unpaired) electrons. The lowest BCUT2D eigenvalue weighted by Crippen LogP contribution is -2.28. The minimum absolute atomic E-state index is 0.0773. The van der Waals surface area contributed by atoms with Crippen LogP contribution in [0.5, 0.6) is 5.75 Å². The summed E-state index contributed by atoms with van der Waals surface area (Å²) in [6.07, 6.45) is 4.57. The molecule has 1 amide bonds. The molecule has 0 bridgehead atoms. The monoisotopic (exact) mass is 329 g/mol. The third-order valence-electron chi connectivity index (χ3n) is 4.05. The van der Waals surface area contributed by atoms with E-state index in [9.17, 15) is 4.79 Å². The van der Waals surface area contributed by atoms with Crippen LogP contribution in [0.1, 0.15) is 23.4 Å². The van der Waals surface area contributed by atoms with Gasteiger partial charge in [-0.15, -0.1) is 0 Å². The van der Waals surface area contributed by atoms with E-state index >= 15 is 0 Å². The molecule has 0 aromatic carbocycles. The van der Waals surface area contributed by atoms with Crippen molar-refractivity contribution in [3.63, 3.8) is 0 Å². The van der Waals surface area contributed by atoms with E-state index in [4.69, 9.17) is 4.74 Å². The van der Waals surface area contributed by atoms with Gasteiger partial charge in [0.2, 0.25) is 5.91 Å². The van der Waals surface area contributed by atoms with Gasteiger partial charge in [0.25, 0.3) is 0 Å². The second-order valence-corrected chi connectivity index (χ2v) is 6.08. The van der Waals surface area contributed by atoms with Crippen molar-refractivity contribution in [2.24, 2.45) is 0 Å². The third-order valence-corrected chi connectivity index (χ3v) is 4.05. The summed E-state index contributed by atoms with van der Waals surface area (Å²) in [6, 6.07) is 3.83. The van der Waals surface area contributed by atoms with Crippen molar-refractivity contribution >= 4 is 5.91 Å². The molecule has 1 atom stereocenters. The number of hydrogen-bond donors (Lipinski definition) is 2. The van der Waals surface area contributed by atoms with E-state index in [0.29, 0.717) is 6.54 Å². The first-order valence-corrected chi connectivity index (χ1v) is 8.20. The molecule has 0 unspecified atom stereocenters. The molecule has 128 valence electrons. The van der Waals surface area contributed by atoms with Crippen molar-refractivity contribution in [2.75, 3.05) is 13.1 Å². The van der Waals surface area contributed by atoms with Crippen LogP contribution in [0.15, 0.2) is 24.5 Å². The number of aromatic nitrogens is 3. The molecule has 2 aromatic heterocycles. The third kappa shape index (κ3) is 4.11. The first-order valence-electron chi connectivity index (χ1n) is 8.20. The van der Waals surface area contributed by atoms with Crippen molar-refractivity contribution in [1.82, 2.24) is 25.4 Å². The highest BCUT2D eigenvalue weighted by molar-refractivity contribution is 5.75. The summed E-state index contributed by atoms with van der Waals surface area (Å²) in [7, 11) is 0. The summed E-state index contributed by atoms with van der Waals surface area (Å²) in [5, 5.41) is 10.5. The van der Waals surface area contributed by atoms with Crippen LogP contribution in [0.2, 0.25) is 0 Å². The standard InChI is InChI=1S/C17H23N5O2/c1-12-7-13(2)22(21-12)11-17(23)20-8-14-3-5-19-10-16(14)24-15-4-6-18-9-15/h3,5,7,10,15,18H,4,6,8-9,11H2,1-2H3,(H,20,23)/t15-/m0/s1. The van der Waals surface area contributed by atoms with Crippen molar-refractivity contribution in [3.05, 3.63) is 41.5 Å². The zero-order chi connectivity index (χ0) is 16.9. The van der Waals surface area contributed by atoms with E-state index in [1.807, 2.05) is 26.0 Å². The number of nitrogens with one attached hydrogen (secondary N) is 2. The summed E-state index contributed by atoms with van der Waals surface area (Å²) in [6.45, 7) is 6.31. The Morgan fingerprint density at radius 3 is 3.08 bits per heavy atom. The number of aryl methyl sites for hydroxylation is 2. The molecular formula is C17H23N5O2. The van der Waals surface area contributed by atoms with Crippen LogP contribution in [-0.2, 0) is 17.9 Å². The van der Waals surface area contributed by atoms with E-state index < -0.39 is 0 Å². The topological polar surface area (TPSA) is 81.1 Å². The van der Waals surface area contributed by atoms with E-state index in [-0.39, 0.29) is 18.6 Å². The Balaban J connectivity index is 1.57. The van der Waals surface area contributed by atoms with Crippen molar-refractivity contribution < 1.29 is 9.53 Å². The smallest absolute Gasteiger partial charge is 0.242 e. The quantitative estimate of drug-likeness (QED) is 0.825. The molecule has 3 rings (SSSR count). The van der Waals surface area contributed by atoms with Gasteiger partial charge >= 0.3 is 0 Å². The molecule has 24 heavy (non-hydrogen) atoms. The molecule has 2 N–H and O–H groups in total. The van der Waals surface area contributed by atoms with E-state index in [2.05, 4.69) is 20.7 Å². The van der Waals surface area contributed by atoms with Crippen LogP contribution in [0.25, 0.3) is 0 Å². The fraction of sp³-hybridized carbons (Fsp3) is 0.471. The second kappa shape index (κ2) is 7.44. The highest BCUT2D eigenvalue weighted by atomic mass is 16.5. The predicted molar refractivity (Wildman–Crippen MR) is 89.7 cm³/mol. The van der Waals surface area contributed by atoms with Gasteiger partial charge in [0, 0.05) is 30.5 Å². The van der Waals surface area contributed by atoms with Gasteiger partial charge in [-0.05, 0) is 38.9 Å². The summed E-state index contributed by atoms with van der Waals surface area (Å²) in [4.78, 5) is 16.3. The maximum Gasteiger partial charge on any atom is 0.242 e. The predicted octanol–water partition coefficient (Wildman–Crippen LogP) is 0.952. The Labute approximate surface area is 141 Å². The fourth-order valence-corrected chi connectivity index (χ4v) is 2.79. The van der Waals surface area contributed by atoms with Gasteiger partial charge in [-0.25, -0.2) is 0 Å². The van der Waals surface area contributed by atoms with Crippen LogP contribution in [0.3, 0.4) is 0 Å². The first-order chi connectivity index (χ1) is 11.6. The zero-order valence-electron chi connectivity index (χ0n) is 14.1. The van der Waals surface area contributed by atoms with Gasteiger partial charge in [-0.3, -0.25) is 14.5 Å². The van der Waals surface area contributed by atoms with Crippen LogP contribution in [0, 0.1) is 13.8 Å². The van der Waals surface area contributed by atoms with Gasteiger partial charge in [0.15, 0.2) is 0 Å². The Morgan fingerprint density at radius 1 is 1.50 bits per heavy atom. The molecule has 7 heteroatoms. The Morgan fingerprint density at radius 2 is 2.38 bits per heavy atom. The number of carbonyl (C=O) groups is 1. The minimum atomic E-state index is -0.0773. The molecule has 3 heterocycles. The Hall–Kier alpha value is -2.41. The molecule has 7 nitrogen and oxygen atoms in total. The van der Waals surface area contributed by atoms with Gasteiger partial charge in [0.05, 0.1) is 11.9 Å². The lowest BCUT2D eigenvalue weighted by atomic mass is 10.2. The lowest BCUT2D eigenvalue weighted by molar-refractivity contribution is -0.122. The fourth-order valence-electron chi connectivity index (χ4n) is 2.79. The van der Waals surface area contributed by atoms with Gasteiger partial charge in [-0.2, -0.15) is 5.10 Å². The normalized spacial score (nSPS) is 17.0. The maximum atomic E-state index is 12.2. The van der Waals surface area contributed by atoms with E-state index in [1.165, 1.54) is 0 Å². The Bertz CT molecular complexity index is 707. The van der Waals surface area contributed by atoms with Crippen molar-refractivity contribution in [2.45, 2.75) is 39.5 Å². The summed E-state index contributed by atoms with van der Waals surface area (Å²) in [5.74, 6) is 0.657. The van der Waals surface area contributed by atoms with Crippen LogP contribution in [0.4, 0.5) is 0 Å². The van der Waals surface area contributed by atoms with Crippen molar-refractivity contribution in [3.8, 4) is 5.75 Å². The highest BCUT2D eigenvalue weighted by Crippen LogP contribution is 2.19. The average molecular weight is 329 g/mol. The lowest BCUT2D eigenvalue weighted by Gasteiger charge is -2.16. The van der Waals surface area contributed by atoms with Crippen LogP contribution in [-0.4, -0.2) is 39.9 Å². The molecule has 1 fully saturated rings. The van der Waals surface area contributed by atoms with Gasteiger partial charge in [-0.1, -0.05) is 0 Å². The summed E-state index contributed by atoms with van der Waals surface area (Å²) >= 11 is 0. The molecule has 1 aliphatic rings. The largest absolute Gasteiger partial charge is 0.487 e. The first kappa shape index (κ1) is 16.4. The van der Waals surface area contributed by atoms with E-state index in [0.717, 1.165) is 42.2 Å². The number of hydrogen-bond acceptors (Lipinski definition) is 5. The second-order valence-electron chi connectivity index (χ2n) is 6.08. The van der Waals surface area contributed by atoms with Crippen LogP contribution < -0.4 is 15.4 Å². The number of ether oxygens (including phenoxy) is 1. The SMILES string of the molecule is Cc1cc(C)n(CC(=O)NCc2ccncc2O[C@H]2CCNC2)n1.